The summed E-state index contributed by atoms with van der Waals surface area (Å²) in [6.45, 7) is 1.82. The Morgan fingerprint density at radius 2 is 1.95 bits per heavy atom. The lowest BCUT2D eigenvalue weighted by Gasteiger charge is -2.09. The lowest BCUT2D eigenvalue weighted by molar-refractivity contribution is -0.384. The first-order valence-corrected chi connectivity index (χ1v) is 5.83. The van der Waals surface area contributed by atoms with E-state index in [1.165, 1.54) is 0 Å². The molecule has 0 unspecified atom stereocenters. The lowest BCUT2D eigenvalue weighted by Crippen LogP contribution is -2.13. The van der Waals surface area contributed by atoms with Gasteiger partial charge in [0.25, 0.3) is 11.6 Å². The maximum atomic E-state index is 12.1. The molecule has 2 rings (SSSR count). The van der Waals surface area contributed by atoms with Gasteiger partial charge in [0.2, 0.25) is 0 Å². The molecule has 0 heterocycles. The molecule has 20 heavy (non-hydrogen) atoms. The van der Waals surface area contributed by atoms with Gasteiger partial charge < -0.3 is 10.4 Å². The Kier molecular flexibility index (Phi) is 3.65. The standard InChI is InChI=1S/C14H12N2O4/c1-9-4-2-3-5-12(9)15-14(18)11-8-10(16(19)20)6-7-13(11)17/h2-8,17H,1H3,(H,15,18). The van der Waals surface area contributed by atoms with Crippen LogP contribution in [0.4, 0.5) is 11.4 Å². The molecule has 102 valence electrons. The molecule has 6 nitrogen and oxygen atoms in total. The second kappa shape index (κ2) is 5.40. The predicted molar refractivity (Wildman–Crippen MR) is 73.9 cm³/mol. The van der Waals surface area contributed by atoms with Gasteiger partial charge in [0, 0.05) is 17.8 Å². The maximum Gasteiger partial charge on any atom is 0.270 e. The molecule has 0 saturated heterocycles. The number of aromatic hydroxyl groups is 1. The minimum Gasteiger partial charge on any atom is -0.507 e. The minimum atomic E-state index is -0.621. The molecule has 0 atom stereocenters. The monoisotopic (exact) mass is 272 g/mol. The SMILES string of the molecule is Cc1ccccc1NC(=O)c1cc([N+](=O)[O-])ccc1O. The van der Waals surface area contributed by atoms with E-state index in [4.69, 9.17) is 0 Å². The summed E-state index contributed by atoms with van der Waals surface area (Å²) in [5.74, 6) is -0.901. The molecule has 0 spiro atoms. The fraction of sp³-hybridized carbons (Fsp3) is 0.0714. The summed E-state index contributed by atoms with van der Waals surface area (Å²) < 4.78 is 0. The van der Waals surface area contributed by atoms with Crippen LogP contribution in [-0.2, 0) is 0 Å². The Morgan fingerprint density at radius 1 is 1.25 bits per heavy atom. The van der Waals surface area contributed by atoms with Crippen molar-refractivity contribution in [3.8, 4) is 5.75 Å². The maximum absolute atomic E-state index is 12.1. The van der Waals surface area contributed by atoms with Crippen LogP contribution in [0.15, 0.2) is 42.5 Å². The zero-order valence-corrected chi connectivity index (χ0v) is 10.7. The number of non-ortho nitro benzene ring substituents is 1. The first-order valence-electron chi connectivity index (χ1n) is 5.83. The molecule has 0 fully saturated rings. The van der Waals surface area contributed by atoms with E-state index in [-0.39, 0.29) is 17.0 Å². The van der Waals surface area contributed by atoms with E-state index in [1.54, 1.807) is 12.1 Å². The highest BCUT2D eigenvalue weighted by Gasteiger charge is 2.17. The molecule has 0 aliphatic carbocycles. The van der Waals surface area contributed by atoms with Crippen molar-refractivity contribution in [2.24, 2.45) is 0 Å². The highest BCUT2D eigenvalue weighted by Crippen LogP contribution is 2.24. The molecule has 2 aromatic carbocycles. The topological polar surface area (TPSA) is 92.5 Å². The van der Waals surface area contributed by atoms with Gasteiger partial charge in [-0.1, -0.05) is 18.2 Å². The van der Waals surface area contributed by atoms with Gasteiger partial charge in [-0.2, -0.15) is 0 Å². The Balaban J connectivity index is 2.32. The Labute approximate surface area is 114 Å². The Bertz CT molecular complexity index is 683. The average Bonchev–Trinajstić information content (AvgIpc) is 2.41. The largest absolute Gasteiger partial charge is 0.507 e. The summed E-state index contributed by atoms with van der Waals surface area (Å²) in [4.78, 5) is 22.1. The van der Waals surface area contributed by atoms with Gasteiger partial charge in [-0.15, -0.1) is 0 Å². The van der Waals surface area contributed by atoms with Gasteiger partial charge in [-0.25, -0.2) is 0 Å². The van der Waals surface area contributed by atoms with Crippen LogP contribution in [0.3, 0.4) is 0 Å². The molecule has 0 aliphatic heterocycles. The van der Waals surface area contributed by atoms with Crippen molar-refractivity contribution >= 4 is 17.3 Å². The highest BCUT2D eigenvalue weighted by atomic mass is 16.6. The molecule has 1 amide bonds. The van der Waals surface area contributed by atoms with E-state index in [9.17, 15) is 20.0 Å². The number of carbonyl (C=O) groups excluding carboxylic acids is 1. The quantitative estimate of drug-likeness (QED) is 0.663. The second-order valence-electron chi connectivity index (χ2n) is 4.23. The number of phenolic OH excluding ortho intramolecular Hbond substituents is 1. The summed E-state index contributed by atoms with van der Waals surface area (Å²) in [6.07, 6.45) is 0. The van der Waals surface area contributed by atoms with Crippen LogP contribution in [0.5, 0.6) is 5.75 Å². The number of benzene rings is 2. The van der Waals surface area contributed by atoms with Crippen LogP contribution >= 0.6 is 0 Å². The van der Waals surface area contributed by atoms with Crippen molar-refractivity contribution in [3.63, 3.8) is 0 Å². The summed E-state index contributed by atoms with van der Waals surface area (Å²) in [5.41, 5.74) is 1.05. The van der Waals surface area contributed by atoms with Crippen molar-refractivity contribution < 1.29 is 14.8 Å². The fourth-order valence-corrected chi connectivity index (χ4v) is 1.72. The van der Waals surface area contributed by atoms with Gasteiger partial charge in [-0.3, -0.25) is 14.9 Å². The molecular weight excluding hydrogens is 260 g/mol. The number of carbonyl (C=O) groups is 1. The van der Waals surface area contributed by atoms with E-state index >= 15 is 0 Å². The molecule has 6 heteroatoms. The van der Waals surface area contributed by atoms with E-state index in [0.717, 1.165) is 23.8 Å². The second-order valence-corrected chi connectivity index (χ2v) is 4.23. The molecule has 0 bridgehead atoms. The predicted octanol–water partition coefficient (Wildman–Crippen LogP) is 2.86. The van der Waals surface area contributed by atoms with Gasteiger partial charge in [0.05, 0.1) is 10.5 Å². The fourth-order valence-electron chi connectivity index (χ4n) is 1.72. The number of anilines is 1. The van der Waals surface area contributed by atoms with Gasteiger partial charge >= 0.3 is 0 Å². The van der Waals surface area contributed by atoms with E-state index < -0.39 is 10.8 Å². The number of hydrogen-bond donors (Lipinski definition) is 2. The molecule has 0 radical (unpaired) electrons. The molecule has 2 aromatic rings. The molecule has 0 aromatic heterocycles. The van der Waals surface area contributed by atoms with Crippen molar-refractivity contribution in [1.82, 2.24) is 0 Å². The van der Waals surface area contributed by atoms with Crippen molar-refractivity contribution in [1.29, 1.82) is 0 Å². The number of rotatable bonds is 3. The van der Waals surface area contributed by atoms with E-state index in [0.29, 0.717) is 5.69 Å². The van der Waals surface area contributed by atoms with Gasteiger partial charge in [0.15, 0.2) is 0 Å². The number of para-hydroxylation sites is 1. The van der Waals surface area contributed by atoms with E-state index in [2.05, 4.69) is 5.32 Å². The number of nitrogens with one attached hydrogen (secondary N) is 1. The number of nitro benzene ring substituents is 1. The van der Waals surface area contributed by atoms with Gasteiger partial charge in [0.1, 0.15) is 5.75 Å². The zero-order valence-electron chi connectivity index (χ0n) is 10.7. The van der Waals surface area contributed by atoms with Crippen molar-refractivity contribution in [2.75, 3.05) is 5.32 Å². The third kappa shape index (κ3) is 2.74. The summed E-state index contributed by atoms with van der Waals surface area (Å²) in [7, 11) is 0. The number of nitro groups is 1. The number of nitrogens with zero attached hydrogens (tertiary/aromatic N) is 1. The highest BCUT2D eigenvalue weighted by molar-refractivity contribution is 6.06. The minimum absolute atomic E-state index is 0.137. The molecule has 0 aliphatic rings. The average molecular weight is 272 g/mol. The van der Waals surface area contributed by atoms with Crippen LogP contribution in [0.2, 0.25) is 0 Å². The third-order valence-corrected chi connectivity index (χ3v) is 2.83. The number of phenols is 1. The number of amides is 1. The smallest absolute Gasteiger partial charge is 0.270 e. The normalized spacial score (nSPS) is 10.1. The number of aryl methyl sites for hydroxylation is 1. The van der Waals surface area contributed by atoms with Crippen LogP contribution in [0.1, 0.15) is 15.9 Å². The summed E-state index contributed by atoms with van der Waals surface area (Å²) in [5, 5.41) is 23.0. The first kappa shape index (κ1) is 13.5. The molecule has 0 saturated carbocycles. The van der Waals surface area contributed by atoms with Crippen LogP contribution in [-0.4, -0.2) is 15.9 Å². The van der Waals surface area contributed by atoms with Crippen LogP contribution < -0.4 is 5.32 Å². The Morgan fingerprint density at radius 3 is 2.60 bits per heavy atom. The van der Waals surface area contributed by atoms with Crippen molar-refractivity contribution in [2.45, 2.75) is 6.92 Å². The van der Waals surface area contributed by atoms with Crippen molar-refractivity contribution in [3.05, 3.63) is 63.7 Å². The zero-order chi connectivity index (χ0) is 14.7. The Hall–Kier alpha value is -2.89. The number of hydrogen-bond acceptors (Lipinski definition) is 4. The summed E-state index contributed by atoms with van der Waals surface area (Å²) in [6, 6.07) is 10.4. The van der Waals surface area contributed by atoms with Crippen LogP contribution in [0, 0.1) is 17.0 Å². The molecular formula is C14H12N2O4. The van der Waals surface area contributed by atoms with Crippen LogP contribution in [0.25, 0.3) is 0 Å². The van der Waals surface area contributed by atoms with Gasteiger partial charge in [-0.05, 0) is 24.6 Å². The third-order valence-electron chi connectivity index (χ3n) is 2.83. The van der Waals surface area contributed by atoms with E-state index in [1.807, 2.05) is 19.1 Å². The lowest BCUT2D eigenvalue weighted by atomic mass is 10.1. The summed E-state index contributed by atoms with van der Waals surface area (Å²) >= 11 is 0. The first-order chi connectivity index (χ1) is 9.49. The molecule has 2 N–H and O–H groups in total.